The second kappa shape index (κ2) is 8.26. The van der Waals surface area contributed by atoms with E-state index in [1.54, 1.807) is 25.3 Å². The second-order valence-electron chi connectivity index (χ2n) is 5.87. The Morgan fingerprint density at radius 2 is 1.67 bits per heavy atom. The van der Waals surface area contributed by atoms with Crippen molar-refractivity contribution >= 4 is 0 Å². The molecule has 0 saturated heterocycles. The van der Waals surface area contributed by atoms with Gasteiger partial charge in [0.05, 0.1) is 18.7 Å². The van der Waals surface area contributed by atoms with E-state index in [1.807, 2.05) is 0 Å². The van der Waals surface area contributed by atoms with Gasteiger partial charge in [0.2, 0.25) is 0 Å². The van der Waals surface area contributed by atoms with E-state index in [0.29, 0.717) is 36.2 Å². The van der Waals surface area contributed by atoms with Crippen LogP contribution < -0.4 is 14.2 Å². The topological polar surface area (TPSA) is 51.5 Å². The number of benzene rings is 2. The van der Waals surface area contributed by atoms with Gasteiger partial charge in [-0.2, -0.15) is 5.26 Å². The van der Waals surface area contributed by atoms with E-state index in [-0.39, 0.29) is 0 Å². The summed E-state index contributed by atoms with van der Waals surface area (Å²) in [5, 5.41) is 8.92. The minimum absolute atomic E-state index is 0.397. The molecule has 0 aromatic heterocycles. The molecule has 0 fully saturated rings. The van der Waals surface area contributed by atoms with Gasteiger partial charge in [0.25, 0.3) is 0 Å². The van der Waals surface area contributed by atoms with Crippen molar-refractivity contribution in [1.29, 1.82) is 5.26 Å². The van der Waals surface area contributed by atoms with E-state index in [4.69, 9.17) is 19.5 Å². The summed E-state index contributed by atoms with van der Waals surface area (Å²) in [7, 11) is 1.56. The van der Waals surface area contributed by atoms with Gasteiger partial charge in [-0.05, 0) is 42.2 Å². The van der Waals surface area contributed by atoms with E-state index >= 15 is 0 Å². The molecule has 0 amide bonds. The van der Waals surface area contributed by atoms with Crippen molar-refractivity contribution in [2.24, 2.45) is 0 Å². The molecule has 0 N–H and O–H groups in total. The van der Waals surface area contributed by atoms with Crippen LogP contribution in [-0.4, -0.2) is 20.3 Å². The smallest absolute Gasteiger partial charge is 0.162 e. The number of nitriles is 1. The minimum Gasteiger partial charge on any atom is -0.493 e. The SMILES string of the molecule is COc1cc(C#N)ccc1OCCOc1cc(C)ccc1C(C)C. The summed E-state index contributed by atoms with van der Waals surface area (Å²) < 4.78 is 16.9. The maximum absolute atomic E-state index is 8.92. The van der Waals surface area contributed by atoms with E-state index in [2.05, 4.69) is 45.0 Å². The summed E-state index contributed by atoms with van der Waals surface area (Å²) in [6.45, 7) is 7.18. The zero-order valence-electron chi connectivity index (χ0n) is 14.6. The Morgan fingerprint density at radius 3 is 2.29 bits per heavy atom. The van der Waals surface area contributed by atoms with Crippen LogP contribution in [-0.2, 0) is 0 Å². The fraction of sp³-hybridized carbons (Fsp3) is 0.350. The average Bonchev–Trinajstić information content (AvgIpc) is 2.58. The van der Waals surface area contributed by atoms with Crippen molar-refractivity contribution in [2.75, 3.05) is 20.3 Å². The van der Waals surface area contributed by atoms with Gasteiger partial charge in [-0.25, -0.2) is 0 Å². The van der Waals surface area contributed by atoms with E-state index < -0.39 is 0 Å². The standard InChI is InChI=1S/C20H23NO3/c1-14(2)17-7-5-15(3)11-19(17)24-10-9-23-18-8-6-16(13-21)12-20(18)22-4/h5-8,11-12,14H,9-10H2,1-4H3. The first-order valence-corrected chi connectivity index (χ1v) is 7.99. The van der Waals surface area contributed by atoms with Crippen LogP contribution in [0.15, 0.2) is 36.4 Å². The molecule has 4 nitrogen and oxygen atoms in total. The summed E-state index contributed by atoms with van der Waals surface area (Å²) >= 11 is 0. The zero-order chi connectivity index (χ0) is 17.5. The molecular weight excluding hydrogens is 302 g/mol. The molecule has 0 bridgehead atoms. The van der Waals surface area contributed by atoms with E-state index in [1.165, 1.54) is 11.1 Å². The molecule has 2 rings (SSSR count). The number of methoxy groups -OCH3 is 1. The molecule has 126 valence electrons. The molecule has 0 aliphatic rings. The Hall–Kier alpha value is -2.67. The normalized spacial score (nSPS) is 10.3. The first kappa shape index (κ1) is 17.7. The van der Waals surface area contributed by atoms with Crippen molar-refractivity contribution in [3.63, 3.8) is 0 Å². The van der Waals surface area contributed by atoms with Crippen molar-refractivity contribution in [3.8, 4) is 23.3 Å². The van der Waals surface area contributed by atoms with Crippen LogP contribution in [0.2, 0.25) is 0 Å². The lowest BCUT2D eigenvalue weighted by Crippen LogP contribution is -2.11. The molecule has 4 heteroatoms. The third kappa shape index (κ3) is 4.42. The third-order valence-corrected chi connectivity index (χ3v) is 3.68. The highest BCUT2D eigenvalue weighted by Crippen LogP contribution is 2.29. The Bertz CT molecular complexity index is 732. The molecular formula is C20H23NO3. The van der Waals surface area contributed by atoms with Crippen molar-refractivity contribution < 1.29 is 14.2 Å². The first-order valence-electron chi connectivity index (χ1n) is 7.99. The quantitative estimate of drug-likeness (QED) is 0.705. The lowest BCUT2D eigenvalue weighted by Gasteiger charge is -2.16. The predicted molar refractivity (Wildman–Crippen MR) is 94.0 cm³/mol. The van der Waals surface area contributed by atoms with Crippen LogP contribution in [0, 0.1) is 18.3 Å². The van der Waals surface area contributed by atoms with Crippen molar-refractivity contribution in [3.05, 3.63) is 53.1 Å². The molecule has 0 heterocycles. The van der Waals surface area contributed by atoms with Gasteiger partial charge < -0.3 is 14.2 Å². The van der Waals surface area contributed by atoms with E-state index in [0.717, 1.165) is 5.75 Å². The van der Waals surface area contributed by atoms with Gasteiger partial charge >= 0.3 is 0 Å². The maximum Gasteiger partial charge on any atom is 0.162 e. The fourth-order valence-corrected chi connectivity index (χ4v) is 2.40. The highest BCUT2D eigenvalue weighted by atomic mass is 16.5. The third-order valence-electron chi connectivity index (χ3n) is 3.68. The summed E-state index contributed by atoms with van der Waals surface area (Å²) in [5.41, 5.74) is 2.90. The van der Waals surface area contributed by atoms with Gasteiger partial charge in [-0.3, -0.25) is 0 Å². The molecule has 24 heavy (non-hydrogen) atoms. The summed E-state index contributed by atoms with van der Waals surface area (Å²) in [4.78, 5) is 0. The Balaban J connectivity index is 1.97. The Morgan fingerprint density at radius 1 is 0.958 bits per heavy atom. The largest absolute Gasteiger partial charge is 0.493 e. The van der Waals surface area contributed by atoms with Crippen LogP contribution >= 0.6 is 0 Å². The summed E-state index contributed by atoms with van der Waals surface area (Å²) in [6, 6.07) is 13.4. The number of rotatable bonds is 7. The minimum atomic E-state index is 0.397. The molecule has 2 aromatic carbocycles. The number of hydrogen-bond donors (Lipinski definition) is 0. The lowest BCUT2D eigenvalue weighted by atomic mass is 10.0. The second-order valence-corrected chi connectivity index (χ2v) is 5.87. The van der Waals surface area contributed by atoms with Gasteiger partial charge in [-0.15, -0.1) is 0 Å². The van der Waals surface area contributed by atoms with Gasteiger partial charge in [-0.1, -0.05) is 26.0 Å². The molecule has 0 saturated carbocycles. The fourth-order valence-electron chi connectivity index (χ4n) is 2.40. The monoisotopic (exact) mass is 325 g/mol. The molecule has 0 unspecified atom stereocenters. The van der Waals surface area contributed by atoms with Crippen LogP contribution in [0.4, 0.5) is 0 Å². The number of ether oxygens (including phenoxy) is 3. The highest BCUT2D eigenvalue weighted by molar-refractivity contribution is 5.46. The van der Waals surface area contributed by atoms with Gasteiger partial charge in [0.1, 0.15) is 19.0 Å². The molecule has 0 atom stereocenters. The van der Waals surface area contributed by atoms with Crippen LogP contribution in [0.1, 0.15) is 36.5 Å². The first-order chi connectivity index (χ1) is 11.5. The average molecular weight is 325 g/mol. The lowest BCUT2D eigenvalue weighted by molar-refractivity contribution is 0.210. The molecule has 0 radical (unpaired) electrons. The van der Waals surface area contributed by atoms with Crippen molar-refractivity contribution in [1.82, 2.24) is 0 Å². The molecule has 0 spiro atoms. The number of nitrogens with zero attached hydrogens (tertiary/aromatic N) is 1. The Labute approximate surface area is 143 Å². The van der Waals surface area contributed by atoms with Crippen LogP contribution in [0.5, 0.6) is 17.2 Å². The molecule has 0 aliphatic heterocycles. The zero-order valence-corrected chi connectivity index (χ0v) is 14.6. The number of hydrogen-bond acceptors (Lipinski definition) is 4. The molecule has 0 aliphatic carbocycles. The summed E-state index contributed by atoms with van der Waals surface area (Å²) in [6.07, 6.45) is 0. The maximum atomic E-state index is 8.92. The predicted octanol–water partition coefficient (Wildman–Crippen LogP) is 4.46. The van der Waals surface area contributed by atoms with Crippen LogP contribution in [0.25, 0.3) is 0 Å². The van der Waals surface area contributed by atoms with Crippen molar-refractivity contribution in [2.45, 2.75) is 26.7 Å². The number of aryl methyl sites for hydroxylation is 1. The van der Waals surface area contributed by atoms with Gasteiger partial charge in [0.15, 0.2) is 11.5 Å². The highest BCUT2D eigenvalue weighted by Gasteiger charge is 2.09. The van der Waals surface area contributed by atoms with E-state index in [9.17, 15) is 0 Å². The summed E-state index contributed by atoms with van der Waals surface area (Å²) in [5.74, 6) is 2.46. The van der Waals surface area contributed by atoms with Gasteiger partial charge in [0, 0.05) is 6.07 Å². The van der Waals surface area contributed by atoms with Crippen LogP contribution in [0.3, 0.4) is 0 Å². The Kier molecular flexibility index (Phi) is 6.08. The molecule has 2 aromatic rings.